The smallest absolute Gasteiger partial charge is 0.308 e. The van der Waals surface area contributed by atoms with Crippen molar-refractivity contribution in [2.75, 3.05) is 31.5 Å². The highest BCUT2D eigenvalue weighted by atomic mass is 32.2. The van der Waals surface area contributed by atoms with Crippen LogP contribution in [-0.4, -0.2) is 57.3 Å². The van der Waals surface area contributed by atoms with E-state index in [1.807, 2.05) is 0 Å². The van der Waals surface area contributed by atoms with Crippen LogP contribution in [0, 0.1) is 5.92 Å². The van der Waals surface area contributed by atoms with Crippen LogP contribution in [0.3, 0.4) is 0 Å². The SMILES string of the molecule is COc1ccc(N2C(=O)C3Sc4c(sc(=O)n4CC(=O)Nc4ccc(S(N)(=O)=O)cc4)C(c4ccc(OC)c(OC)c4)C3C2=O)cc1. The van der Waals surface area contributed by atoms with Crippen LogP contribution in [0.5, 0.6) is 17.2 Å². The zero-order valence-electron chi connectivity index (χ0n) is 25.2. The third kappa shape index (κ3) is 5.88. The van der Waals surface area contributed by atoms with E-state index >= 15 is 0 Å². The number of nitrogens with one attached hydrogen (secondary N) is 1. The third-order valence-electron chi connectivity index (χ3n) is 7.91. The van der Waals surface area contributed by atoms with Gasteiger partial charge in [0.15, 0.2) is 11.5 Å². The van der Waals surface area contributed by atoms with E-state index in [4.69, 9.17) is 19.3 Å². The summed E-state index contributed by atoms with van der Waals surface area (Å²) in [6, 6.07) is 17.0. The number of carbonyl (C=O) groups excluding carboxylic acids is 3. The van der Waals surface area contributed by atoms with E-state index in [1.165, 1.54) is 50.2 Å². The molecule has 1 aromatic heterocycles. The summed E-state index contributed by atoms with van der Waals surface area (Å²) in [7, 11) is 0.584. The molecule has 2 aliphatic heterocycles. The Bertz CT molecular complexity index is 2060. The van der Waals surface area contributed by atoms with Crippen LogP contribution in [0.4, 0.5) is 11.4 Å². The molecule has 3 aromatic carbocycles. The fourth-order valence-electron chi connectivity index (χ4n) is 5.72. The number of aromatic nitrogens is 1. The number of sulfonamides is 1. The zero-order valence-corrected chi connectivity index (χ0v) is 27.6. The average Bonchev–Trinajstić information content (AvgIpc) is 3.50. The summed E-state index contributed by atoms with van der Waals surface area (Å²) in [6.07, 6.45) is 0. The van der Waals surface area contributed by atoms with E-state index < -0.39 is 56.2 Å². The van der Waals surface area contributed by atoms with Gasteiger partial charge < -0.3 is 19.5 Å². The number of rotatable bonds is 9. The molecular weight excluding hydrogens is 669 g/mol. The maximum Gasteiger partial charge on any atom is 0.308 e. The van der Waals surface area contributed by atoms with Crippen LogP contribution in [0.25, 0.3) is 0 Å². The van der Waals surface area contributed by atoms with Gasteiger partial charge in [0.2, 0.25) is 27.7 Å². The zero-order chi connectivity index (χ0) is 33.6. The molecule has 0 spiro atoms. The molecule has 6 rings (SSSR count). The number of thioether (sulfide) groups is 1. The molecule has 3 amide bonds. The molecule has 47 heavy (non-hydrogen) atoms. The largest absolute Gasteiger partial charge is 0.497 e. The van der Waals surface area contributed by atoms with E-state index in [1.54, 1.807) is 42.5 Å². The molecule has 3 heterocycles. The minimum Gasteiger partial charge on any atom is -0.497 e. The molecule has 16 heteroatoms. The lowest BCUT2D eigenvalue weighted by atomic mass is 9.83. The summed E-state index contributed by atoms with van der Waals surface area (Å²) in [5.41, 5.74) is 1.31. The van der Waals surface area contributed by atoms with Crippen molar-refractivity contribution < 1.29 is 37.0 Å². The van der Waals surface area contributed by atoms with Crippen LogP contribution in [0.1, 0.15) is 16.4 Å². The summed E-state index contributed by atoms with van der Waals surface area (Å²) in [5.74, 6) is -1.58. The molecule has 0 radical (unpaired) electrons. The average molecular weight is 697 g/mol. The van der Waals surface area contributed by atoms with Gasteiger partial charge in [-0.1, -0.05) is 29.2 Å². The van der Waals surface area contributed by atoms with Crippen molar-refractivity contribution in [2.24, 2.45) is 11.1 Å². The number of hydrogen-bond acceptors (Lipinski definition) is 11. The number of nitrogens with two attached hydrogens (primary N) is 1. The van der Waals surface area contributed by atoms with E-state index in [0.717, 1.165) is 28.0 Å². The molecule has 3 N–H and O–H groups in total. The maximum absolute atomic E-state index is 14.1. The predicted octanol–water partition coefficient (Wildman–Crippen LogP) is 3.02. The Kier molecular flexibility index (Phi) is 8.61. The third-order valence-corrected chi connectivity index (χ3v) is 11.4. The Balaban J connectivity index is 1.39. The fourth-order valence-corrected chi connectivity index (χ4v) is 9.01. The van der Waals surface area contributed by atoms with Crippen molar-refractivity contribution in [1.29, 1.82) is 0 Å². The normalized spacial score (nSPS) is 18.8. The van der Waals surface area contributed by atoms with Crippen molar-refractivity contribution in [3.63, 3.8) is 0 Å². The number of primary sulfonamides is 1. The van der Waals surface area contributed by atoms with Crippen molar-refractivity contribution in [3.05, 3.63) is 86.8 Å². The highest BCUT2D eigenvalue weighted by molar-refractivity contribution is 8.00. The number of fused-ring (bicyclic) bond motifs is 2. The molecule has 2 aliphatic rings. The van der Waals surface area contributed by atoms with Gasteiger partial charge in [-0.05, 0) is 66.2 Å². The number of thiazole rings is 1. The molecule has 4 aromatic rings. The molecule has 1 saturated heterocycles. The highest BCUT2D eigenvalue weighted by Gasteiger charge is 2.57. The summed E-state index contributed by atoms with van der Waals surface area (Å²) in [6.45, 7) is -0.394. The van der Waals surface area contributed by atoms with Gasteiger partial charge in [-0.3, -0.25) is 23.7 Å². The Hall–Kier alpha value is -4.64. The first-order valence-corrected chi connectivity index (χ1v) is 17.3. The summed E-state index contributed by atoms with van der Waals surface area (Å²) < 4.78 is 40.6. The minimum absolute atomic E-state index is 0.120. The van der Waals surface area contributed by atoms with Crippen LogP contribution in [-0.2, 0) is 31.0 Å². The lowest BCUT2D eigenvalue weighted by molar-refractivity contribution is -0.122. The molecule has 244 valence electrons. The number of methoxy groups -OCH3 is 3. The van der Waals surface area contributed by atoms with Crippen LogP contribution < -0.4 is 34.4 Å². The summed E-state index contributed by atoms with van der Waals surface area (Å²) in [4.78, 5) is 55.9. The molecule has 3 atom stereocenters. The maximum atomic E-state index is 14.1. The van der Waals surface area contributed by atoms with E-state index in [2.05, 4.69) is 5.32 Å². The summed E-state index contributed by atoms with van der Waals surface area (Å²) >= 11 is 1.99. The van der Waals surface area contributed by atoms with E-state index in [-0.39, 0.29) is 4.90 Å². The molecular formula is C31H28N4O9S3. The molecule has 0 bridgehead atoms. The first-order valence-electron chi connectivity index (χ1n) is 14.0. The van der Waals surface area contributed by atoms with Crippen LogP contribution >= 0.6 is 23.1 Å². The predicted molar refractivity (Wildman–Crippen MR) is 175 cm³/mol. The Labute approximate surface area is 277 Å². The van der Waals surface area contributed by atoms with Gasteiger partial charge in [0.1, 0.15) is 17.5 Å². The van der Waals surface area contributed by atoms with Crippen molar-refractivity contribution in [2.45, 2.75) is 27.6 Å². The number of anilines is 2. The van der Waals surface area contributed by atoms with Gasteiger partial charge in [-0.2, -0.15) is 0 Å². The van der Waals surface area contributed by atoms with Gasteiger partial charge >= 0.3 is 4.87 Å². The Morgan fingerprint density at radius 1 is 0.894 bits per heavy atom. The minimum atomic E-state index is -3.92. The van der Waals surface area contributed by atoms with Gasteiger partial charge in [0, 0.05) is 16.5 Å². The number of amides is 3. The molecule has 1 fully saturated rings. The quantitative estimate of drug-likeness (QED) is 0.248. The van der Waals surface area contributed by atoms with Crippen molar-refractivity contribution in [1.82, 2.24) is 4.57 Å². The van der Waals surface area contributed by atoms with E-state index in [0.29, 0.717) is 44.1 Å². The van der Waals surface area contributed by atoms with E-state index in [9.17, 15) is 27.6 Å². The first-order chi connectivity index (χ1) is 22.4. The lowest BCUT2D eigenvalue weighted by Crippen LogP contribution is -2.33. The topological polar surface area (TPSA) is 176 Å². The number of benzene rings is 3. The second-order valence-corrected chi connectivity index (χ2v) is 14.3. The second kappa shape index (κ2) is 12.5. The number of nitrogens with zero attached hydrogens (tertiary/aromatic N) is 2. The first kappa shape index (κ1) is 32.3. The molecule has 0 aliphatic carbocycles. The molecule has 3 unspecified atom stereocenters. The number of ether oxygens (including phenoxy) is 3. The molecule has 0 saturated carbocycles. The lowest BCUT2D eigenvalue weighted by Gasteiger charge is -2.31. The Morgan fingerprint density at radius 2 is 1.57 bits per heavy atom. The summed E-state index contributed by atoms with van der Waals surface area (Å²) in [5, 5.41) is 7.31. The monoisotopic (exact) mass is 696 g/mol. The van der Waals surface area contributed by atoms with Gasteiger partial charge in [-0.25, -0.2) is 18.5 Å². The second-order valence-electron chi connectivity index (χ2n) is 10.6. The van der Waals surface area contributed by atoms with Crippen molar-refractivity contribution in [3.8, 4) is 17.2 Å². The Morgan fingerprint density at radius 3 is 2.19 bits per heavy atom. The van der Waals surface area contributed by atoms with Gasteiger partial charge in [0.05, 0.1) is 42.9 Å². The highest BCUT2D eigenvalue weighted by Crippen LogP contribution is 2.54. The van der Waals surface area contributed by atoms with Gasteiger partial charge in [-0.15, -0.1) is 0 Å². The fraction of sp³-hybridized carbons (Fsp3) is 0.226. The number of carbonyl (C=O) groups is 3. The number of hydrogen-bond donors (Lipinski definition) is 2. The van der Waals surface area contributed by atoms with Crippen LogP contribution in [0.2, 0.25) is 0 Å². The number of imide groups is 1. The van der Waals surface area contributed by atoms with Crippen LogP contribution in [0.15, 0.2) is 81.4 Å². The molecule has 13 nitrogen and oxygen atoms in total. The van der Waals surface area contributed by atoms with Crippen molar-refractivity contribution >= 4 is 62.2 Å². The standard InChI is InChI=1S/C31H28N4O9S3/c1-42-19-9-7-18(8-10-19)35-28(37)25-24(16-4-13-21(43-2)22(14-16)44-3)27-30(45-26(25)29(35)38)34(31(39)46-27)15-23(36)33-17-5-11-20(12-6-17)47(32,40)41/h4-14,24-26H,15H2,1-3H3,(H,33,36)(H2,32,40,41). The van der Waals surface area contributed by atoms with Gasteiger partial charge in [0.25, 0.3) is 0 Å².